The Labute approximate surface area is 497 Å². The molecule has 1 aliphatic rings. The summed E-state index contributed by atoms with van der Waals surface area (Å²) in [5.74, 6) is -1.40. The minimum atomic E-state index is -1.86. The minimum absolute atomic E-state index is 0.0384. The number of ether oxygens (including phenoxy) is 9. The molecule has 24 heteroatoms. The summed E-state index contributed by atoms with van der Waals surface area (Å²) in [5, 5.41) is 17.9. The van der Waals surface area contributed by atoms with Crippen molar-refractivity contribution < 1.29 is 80.4 Å². The largest absolute Gasteiger partial charge is 0.497 e. The lowest BCUT2D eigenvalue weighted by atomic mass is 9.80. The lowest BCUT2D eigenvalue weighted by Crippen LogP contribution is -2.66. The molecule has 3 aromatic carbocycles. The van der Waals surface area contributed by atoms with Crippen LogP contribution in [-0.4, -0.2) is 157 Å². The molecule has 3 amide bonds. The van der Waals surface area contributed by atoms with E-state index in [1.165, 1.54) is 13.8 Å². The highest BCUT2D eigenvalue weighted by molar-refractivity contribution is 7.44. The Bertz CT molecular complexity index is 2470. The maximum Gasteiger partial charge on any atom is 0.407 e. The van der Waals surface area contributed by atoms with E-state index in [4.69, 9.17) is 59.5 Å². The van der Waals surface area contributed by atoms with Gasteiger partial charge >= 0.3 is 24.0 Å². The first-order valence-corrected chi connectivity index (χ1v) is 29.6. The van der Waals surface area contributed by atoms with Gasteiger partial charge in [0.15, 0.2) is 18.5 Å². The van der Waals surface area contributed by atoms with Gasteiger partial charge in [-0.1, -0.05) is 67.4 Å². The van der Waals surface area contributed by atoms with Gasteiger partial charge in [0.05, 0.1) is 47.8 Å². The highest BCUT2D eigenvalue weighted by Gasteiger charge is 2.51. The van der Waals surface area contributed by atoms with Crippen molar-refractivity contribution in [3.63, 3.8) is 0 Å². The van der Waals surface area contributed by atoms with Crippen LogP contribution in [0.25, 0.3) is 0 Å². The molecular formula is C60H85BN5O17P. The Morgan fingerprint density at radius 3 is 1.81 bits per heavy atom. The molecule has 0 spiro atoms. The number of esters is 3. The number of rotatable bonds is 37. The zero-order chi connectivity index (χ0) is 61.6. The summed E-state index contributed by atoms with van der Waals surface area (Å²) in [6, 6.07) is 26.0. The number of nitrogens with zero attached hydrogens (tertiary/aromatic N) is 2. The lowest BCUT2D eigenvalue weighted by molar-refractivity contribution is -0.277. The molecule has 0 aliphatic carbocycles. The third-order valence-electron chi connectivity index (χ3n) is 13.3. The van der Waals surface area contributed by atoms with E-state index in [-0.39, 0.29) is 63.6 Å². The fourth-order valence-electron chi connectivity index (χ4n) is 9.48. The zero-order valence-electron chi connectivity index (χ0n) is 50.2. The number of nitrogens with one attached hydrogen (secondary N) is 3. The average molecular weight is 1190 g/mol. The molecule has 0 aromatic heterocycles. The second-order valence-electron chi connectivity index (χ2n) is 20.4. The van der Waals surface area contributed by atoms with Crippen molar-refractivity contribution in [1.82, 2.24) is 20.6 Å². The molecule has 0 bridgehead atoms. The quantitative estimate of drug-likeness (QED) is 0.0124. The van der Waals surface area contributed by atoms with Gasteiger partial charge in [0.2, 0.25) is 11.8 Å². The summed E-state index contributed by atoms with van der Waals surface area (Å²) >= 11 is 0. The van der Waals surface area contributed by atoms with Crippen molar-refractivity contribution in [2.24, 2.45) is 0 Å². The molecule has 4 rings (SSSR count). The summed E-state index contributed by atoms with van der Waals surface area (Å²) in [5.41, 5.74) is 1.11. The number of unbranched alkanes of at least 4 members (excludes halogenated alkanes) is 4. The van der Waals surface area contributed by atoms with Crippen LogP contribution in [0, 0.1) is 11.3 Å². The fourth-order valence-corrected chi connectivity index (χ4v) is 11.2. The van der Waals surface area contributed by atoms with Gasteiger partial charge in [0, 0.05) is 65.9 Å². The van der Waals surface area contributed by atoms with Gasteiger partial charge in [-0.2, -0.15) is 5.26 Å². The number of hydrogen-bond acceptors (Lipinski definition) is 19. The van der Waals surface area contributed by atoms with E-state index in [0.29, 0.717) is 50.3 Å². The third kappa shape index (κ3) is 22.6. The van der Waals surface area contributed by atoms with Crippen molar-refractivity contribution in [3.05, 3.63) is 95.6 Å². The molecule has 6 unspecified atom stereocenters. The van der Waals surface area contributed by atoms with Crippen molar-refractivity contribution in [2.45, 2.75) is 174 Å². The van der Waals surface area contributed by atoms with Gasteiger partial charge in [-0.05, 0) is 101 Å². The molecule has 1 saturated heterocycles. The van der Waals surface area contributed by atoms with E-state index in [1.807, 2.05) is 107 Å². The molecule has 84 heavy (non-hydrogen) atoms. The van der Waals surface area contributed by atoms with E-state index < -0.39 is 86.9 Å². The summed E-state index contributed by atoms with van der Waals surface area (Å²) < 4.78 is 67.9. The average Bonchev–Trinajstić information content (AvgIpc) is 1.86. The number of alkyl carbamates (subject to hydrolysis) is 1. The first-order chi connectivity index (χ1) is 40.3. The van der Waals surface area contributed by atoms with Gasteiger partial charge < -0.3 is 67.6 Å². The number of benzene rings is 3. The van der Waals surface area contributed by atoms with Crippen molar-refractivity contribution in [2.75, 3.05) is 53.7 Å². The zero-order valence-corrected chi connectivity index (χ0v) is 51.1. The van der Waals surface area contributed by atoms with Crippen LogP contribution in [0.3, 0.4) is 0 Å². The number of hydrogen-bond donors (Lipinski definition) is 3. The van der Waals surface area contributed by atoms with Crippen LogP contribution >= 0.6 is 8.53 Å². The van der Waals surface area contributed by atoms with Gasteiger partial charge in [-0.3, -0.25) is 24.0 Å². The van der Waals surface area contributed by atoms with Crippen molar-refractivity contribution >= 4 is 52.2 Å². The Balaban J connectivity index is 1.36. The summed E-state index contributed by atoms with van der Waals surface area (Å²) in [6.07, 6.45) is -3.57. The van der Waals surface area contributed by atoms with Gasteiger partial charge in [-0.25, -0.2) is 9.46 Å². The predicted octanol–water partition coefficient (Wildman–Crippen LogP) is 7.87. The summed E-state index contributed by atoms with van der Waals surface area (Å²) in [4.78, 5) is 74.5. The molecule has 8 atom stereocenters. The van der Waals surface area contributed by atoms with Crippen LogP contribution in [-0.2, 0) is 71.8 Å². The van der Waals surface area contributed by atoms with Crippen molar-refractivity contribution in [3.8, 4) is 17.6 Å². The first-order valence-electron chi connectivity index (χ1n) is 28.4. The molecule has 3 aromatic rings. The van der Waals surface area contributed by atoms with Crippen LogP contribution in [0.1, 0.15) is 123 Å². The maximum atomic E-state index is 13.7. The van der Waals surface area contributed by atoms with E-state index in [9.17, 15) is 34.0 Å². The summed E-state index contributed by atoms with van der Waals surface area (Å²) in [7, 11) is 7.83. The van der Waals surface area contributed by atoms with E-state index in [2.05, 4.69) is 26.7 Å². The molecule has 1 heterocycles. The number of methoxy groups -OCH3 is 2. The second kappa shape index (κ2) is 37.1. The number of nitriles is 1. The van der Waals surface area contributed by atoms with Crippen LogP contribution in [0.2, 0.25) is 6.32 Å². The summed E-state index contributed by atoms with van der Waals surface area (Å²) in [6.45, 7) is 13.3. The first kappa shape index (κ1) is 70.1. The Morgan fingerprint density at radius 1 is 0.714 bits per heavy atom. The molecule has 1 aliphatic heterocycles. The third-order valence-corrected chi connectivity index (χ3v) is 15.4. The molecule has 0 saturated carbocycles. The SMILES string of the molecule is [B]C[C@H](OC(=O)NCCCCCCNC(=O)CCCCOC1OC(COC(C)=O)C(OC(C)=O)C(OC(C)=O)C1NC(C)=O)[C@H](COC(c1ccccc1)(c1ccc(OC)cc1)c1ccc(OC)cc1)OP(OCCC#N)N(C(C)C)C(C)C. The Kier molecular flexibility index (Phi) is 31.0. The van der Waals surface area contributed by atoms with Gasteiger partial charge in [-0.15, -0.1) is 0 Å². The highest BCUT2D eigenvalue weighted by Crippen LogP contribution is 2.49. The maximum absolute atomic E-state index is 13.7. The molecule has 22 nitrogen and oxygen atoms in total. The van der Waals surface area contributed by atoms with Crippen molar-refractivity contribution in [1.29, 1.82) is 5.26 Å². The Hall–Kier alpha value is -6.38. The van der Waals surface area contributed by atoms with Gasteiger partial charge in [0.1, 0.15) is 48.1 Å². The Morgan fingerprint density at radius 2 is 1.29 bits per heavy atom. The smallest absolute Gasteiger partial charge is 0.407 e. The normalized spacial score (nSPS) is 17.9. The topological polar surface area (TPSA) is 267 Å². The van der Waals surface area contributed by atoms with E-state index in [1.54, 1.807) is 14.2 Å². The molecule has 3 N–H and O–H groups in total. The van der Waals surface area contributed by atoms with Crippen LogP contribution in [0.5, 0.6) is 11.5 Å². The number of carbonyl (C=O) groups excluding carboxylic acids is 6. The number of carbonyl (C=O) groups is 6. The molecule has 2 radical (unpaired) electrons. The predicted molar refractivity (Wildman–Crippen MR) is 312 cm³/mol. The van der Waals surface area contributed by atoms with Gasteiger partial charge in [0.25, 0.3) is 8.53 Å². The van der Waals surface area contributed by atoms with Crippen LogP contribution in [0.4, 0.5) is 4.79 Å². The second-order valence-corrected chi connectivity index (χ2v) is 21.8. The molecule has 1 fully saturated rings. The minimum Gasteiger partial charge on any atom is -0.497 e. The monoisotopic (exact) mass is 1190 g/mol. The van der Waals surface area contributed by atoms with E-state index in [0.717, 1.165) is 43.4 Å². The highest BCUT2D eigenvalue weighted by atomic mass is 31.2. The van der Waals surface area contributed by atoms with Crippen LogP contribution in [0.15, 0.2) is 78.9 Å². The molecular weight excluding hydrogens is 1100 g/mol. The molecule has 460 valence electrons. The standard InChI is InChI=1S/C60H85BN5O17P/c1-40(2)66(41(3)4)84(78-36-20-32-62)83-52(39-77-60(46-21-14-13-15-22-46,47-24-28-49(73-9)29-25-47)48-26-30-50(74-10)31-27-48)51(37-61)82-59(72)64-34-18-12-11-17-33-63-54(71)23-16-19-35-75-58-55(65-42(5)67)57(80-45(8)70)56(79-44(7)69)53(81-58)38-76-43(6)68/h13-15,21-22,24-31,40-41,51-53,55-58H,11-12,16-20,23,33-39H2,1-10H3,(H,63,71)(H,64,72)(H,65,67)/t51-,52-,53?,55?,56?,57?,58?,84?/m0/s1. The lowest BCUT2D eigenvalue weighted by Gasteiger charge is -2.44. The number of amides is 3. The fraction of sp³-hybridized carbons (Fsp3) is 0.583. The van der Waals surface area contributed by atoms with E-state index >= 15 is 0 Å². The van der Waals surface area contributed by atoms with Crippen LogP contribution < -0.4 is 25.4 Å².